The molecule has 0 radical (unpaired) electrons. The van der Waals surface area contributed by atoms with Gasteiger partial charge in [0.15, 0.2) is 0 Å². The zero-order valence-corrected chi connectivity index (χ0v) is 6.53. The number of ether oxygens (including phenoxy) is 1. The van der Waals surface area contributed by atoms with Crippen LogP contribution in [0, 0.1) is 0 Å². The average molecular weight is 173 g/mol. The lowest BCUT2D eigenvalue weighted by Crippen LogP contribution is -2.17. The van der Waals surface area contributed by atoms with E-state index >= 15 is 0 Å². The molecule has 0 unspecified atom stereocenters. The van der Waals surface area contributed by atoms with Crippen LogP contribution in [0.15, 0.2) is 0 Å². The van der Waals surface area contributed by atoms with E-state index in [1.165, 1.54) is 0 Å². The van der Waals surface area contributed by atoms with Gasteiger partial charge in [-0.3, -0.25) is 0 Å². The SMILES string of the molecule is O[C@H](CCl)COCCCl. The zero-order valence-electron chi connectivity index (χ0n) is 5.02. The molecule has 4 heteroatoms. The number of halogens is 2. The first kappa shape index (κ1) is 9.50. The van der Waals surface area contributed by atoms with E-state index in [-0.39, 0.29) is 12.5 Å². The first-order valence-corrected chi connectivity index (χ1v) is 3.76. The van der Waals surface area contributed by atoms with Crippen molar-refractivity contribution in [3.63, 3.8) is 0 Å². The first-order chi connectivity index (χ1) is 4.31. The number of rotatable bonds is 5. The standard InChI is InChI=1S/C5H10Cl2O2/c6-1-2-9-4-5(8)3-7/h5,8H,1-4H2/t5-/m1/s1. The number of alkyl halides is 2. The Morgan fingerprint density at radius 1 is 1.44 bits per heavy atom. The molecule has 0 aliphatic heterocycles. The van der Waals surface area contributed by atoms with Crippen LogP contribution >= 0.6 is 23.2 Å². The Kier molecular flexibility index (Phi) is 6.99. The summed E-state index contributed by atoms with van der Waals surface area (Å²) in [7, 11) is 0. The molecule has 0 heterocycles. The van der Waals surface area contributed by atoms with Gasteiger partial charge in [-0.15, -0.1) is 23.2 Å². The molecule has 0 aliphatic rings. The third-order valence-corrected chi connectivity index (χ3v) is 1.22. The van der Waals surface area contributed by atoms with Crippen LogP contribution in [0.1, 0.15) is 0 Å². The average Bonchev–Trinajstić information content (AvgIpc) is 1.89. The summed E-state index contributed by atoms with van der Waals surface area (Å²) >= 11 is 10.6. The highest BCUT2D eigenvalue weighted by atomic mass is 35.5. The molecule has 0 aromatic heterocycles. The van der Waals surface area contributed by atoms with Gasteiger partial charge in [-0.2, -0.15) is 0 Å². The molecule has 1 atom stereocenters. The Hall–Kier alpha value is 0.500. The molecule has 0 aromatic carbocycles. The van der Waals surface area contributed by atoms with Gasteiger partial charge in [-0.05, 0) is 0 Å². The Labute approximate surface area is 64.7 Å². The van der Waals surface area contributed by atoms with E-state index in [1.54, 1.807) is 0 Å². The van der Waals surface area contributed by atoms with Gasteiger partial charge in [0, 0.05) is 5.88 Å². The van der Waals surface area contributed by atoms with E-state index < -0.39 is 6.10 Å². The molecule has 0 aromatic rings. The van der Waals surface area contributed by atoms with Gasteiger partial charge in [0.05, 0.1) is 25.2 Å². The van der Waals surface area contributed by atoms with Gasteiger partial charge >= 0.3 is 0 Å². The molecule has 9 heavy (non-hydrogen) atoms. The minimum atomic E-state index is -0.560. The summed E-state index contributed by atoms with van der Waals surface area (Å²) in [6, 6.07) is 0. The van der Waals surface area contributed by atoms with Crippen LogP contribution in [0.4, 0.5) is 0 Å². The fourth-order valence-electron chi connectivity index (χ4n) is 0.318. The molecule has 0 aliphatic carbocycles. The van der Waals surface area contributed by atoms with Gasteiger partial charge in [0.25, 0.3) is 0 Å². The summed E-state index contributed by atoms with van der Waals surface area (Å²) < 4.78 is 4.87. The van der Waals surface area contributed by atoms with Crippen molar-refractivity contribution in [1.29, 1.82) is 0 Å². The Morgan fingerprint density at radius 2 is 2.11 bits per heavy atom. The van der Waals surface area contributed by atoms with Crippen molar-refractivity contribution in [3.8, 4) is 0 Å². The molecule has 0 fully saturated rings. The van der Waals surface area contributed by atoms with Gasteiger partial charge in [-0.1, -0.05) is 0 Å². The molecule has 56 valence electrons. The number of aliphatic hydroxyl groups excluding tert-OH is 1. The molecule has 0 saturated carbocycles. The van der Waals surface area contributed by atoms with Crippen LogP contribution < -0.4 is 0 Å². The number of hydrogen-bond donors (Lipinski definition) is 1. The summed E-state index contributed by atoms with van der Waals surface area (Å²) in [5.74, 6) is 0.664. The van der Waals surface area contributed by atoms with Crippen LogP contribution in [0.3, 0.4) is 0 Å². The van der Waals surface area contributed by atoms with Crippen molar-refractivity contribution >= 4 is 23.2 Å². The quantitative estimate of drug-likeness (QED) is 0.493. The van der Waals surface area contributed by atoms with Crippen LogP contribution in [0.25, 0.3) is 0 Å². The number of aliphatic hydroxyl groups is 1. The smallest absolute Gasteiger partial charge is 0.0908 e. The van der Waals surface area contributed by atoms with Crippen LogP contribution in [0.2, 0.25) is 0 Å². The maximum absolute atomic E-state index is 8.78. The minimum Gasteiger partial charge on any atom is -0.389 e. The highest BCUT2D eigenvalue weighted by molar-refractivity contribution is 6.18. The minimum absolute atomic E-state index is 0.211. The Morgan fingerprint density at radius 3 is 2.56 bits per heavy atom. The summed E-state index contributed by atoms with van der Waals surface area (Å²) in [6.07, 6.45) is -0.560. The largest absolute Gasteiger partial charge is 0.389 e. The Balaban J connectivity index is 2.88. The molecular formula is C5H10Cl2O2. The van der Waals surface area contributed by atoms with E-state index in [1.807, 2.05) is 0 Å². The van der Waals surface area contributed by atoms with Crippen molar-refractivity contribution in [1.82, 2.24) is 0 Å². The topological polar surface area (TPSA) is 29.5 Å². The van der Waals surface area contributed by atoms with Crippen molar-refractivity contribution in [3.05, 3.63) is 0 Å². The number of hydrogen-bond acceptors (Lipinski definition) is 2. The van der Waals surface area contributed by atoms with E-state index in [2.05, 4.69) is 0 Å². The molecule has 0 bridgehead atoms. The predicted molar refractivity (Wildman–Crippen MR) is 38.3 cm³/mol. The van der Waals surface area contributed by atoms with E-state index in [0.29, 0.717) is 12.5 Å². The highest BCUT2D eigenvalue weighted by Gasteiger charge is 1.99. The van der Waals surface area contributed by atoms with Crippen molar-refractivity contribution in [2.24, 2.45) is 0 Å². The summed E-state index contributed by atoms with van der Waals surface area (Å²) in [4.78, 5) is 0. The lowest BCUT2D eigenvalue weighted by molar-refractivity contribution is 0.0553. The third kappa shape index (κ3) is 6.38. The lowest BCUT2D eigenvalue weighted by atomic mass is 10.4. The summed E-state index contributed by atoms with van der Waals surface area (Å²) in [6.45, 7) is 0.742. The molecule has 0 rings (SSSR count). The van der Waals surface area contributed by atoms with Gasteiger partial charge in [-0.25, -0.2) is 0 Å². The van der Waals surface area contributed by atoms with Crippen LogP contribution in [-0.4, -0.2) is 36.2 Å². The lowest BCUT2D eigenvalue weighted by Gasteiger charge is -2.05. The second-order valence-electron chi connectivity index (χ2n) is 1.57. The highest BCUT2D eigenvalue weighted by Crippen LogP contribution is 1.88. The first-order valence-electron chi connectivity index (χ1n) is 2.69. The fourth-order valence-corrected chi connectivity index (χ4v) is 0.517. The molecular weight excluding hydrogens is 163 g/mol. The monoisotopic (exact) mass is 172 g/mol. The van der Waals surface area contributed by atoms with Crippen molar-refractivity contribution in [2.45, 2.75) is 6.10 Å². The van der Waals surface area contributed by atoms with Gasteiger partial charge < -0.3 is 9.84 Å². The maximum atomic E-state index is 8.78. The molecule has 1 N–H and O–H groups in total. The van der Waals surface area contributed by atoms with Crippen LogP contribution in [-0.2, 0) is 4.74 Å². The predicted octanol–water partition coefficient (Wildman–Crippen LogP) is 0.842. The molecule has 0 spiro atoms. The summed E-state index contributed by atoms with van der Waals surface area (Å²) in [5.41, 5.74) is 0. The van der Waals surface area contributed by atoms with E-state index in [9.17, 15) is 0 Å². The maximum Gasteiger partial charge on any atom is 0.0908 e. The summed E-state index contributed by atoms with van der Waals surface area (Å²) in [5, 5.41) is 8.78. The van der Waals surface area contributed by atoms with E-state index in [0.717, 1.165) is 0 Å². The van der Waals surface area contributed by atoms with Crippen molar-refractivity contribution < 1.29 is 9.84 Å². The normalized spacial score (nSPS) is 13.7. The second-order valence-corrected chi connectivity index (χ2v) is 2.26. The van der Waals surface area contributed by atoms with E-state index in [4.69, 9.17) is 33.0 Å². The van der Waals surface area contributed by atoms with Crippen LogP contribution in [0.5, 0.6) is 0 Å². The van der Waals surface area contributed by atoms with Crippen molar-refractivity contribution in [2.75, 3.05) is 25.0 Å². The second kappa shape index (κ2) is 6.62. The Bertz CT molecular complexity index is 60.9. The third-order valence-electron chi connectivity index (χ3n) is 0.710. The van der Waals surface area contributed by atoms with Gasteiger partial charge in [0.1, 0.15) is 0 Å². The van der Waals surface area contributed by atoms with Gasteiger partial charge in [0.2, 0.25) is 0 Å². The molecule has 2 nitrogen and oxygen atoms in total. The zero-order chi connectivity index (χ0) is 7.11. The fraction of sp³-hybridized carbons (Fsp3) is 1.00. The molecule has 0 amide bonds. The molecule has 0 saturated heterocycles.